The number of carbonyl (C=O) groups is 1. The number of piperidine rings is 1. The van der Waals surface area contributed by atoms with E-state index in [2.05, 4.69) is 4.98 Å². The second-order valence-electron chi connectivity index (χ2n) is 4.45. The summed E-state index contributed by atoms with van der Waals surface area (Å²) in [5, 5.41) is 10.1. The summed E-state index contributed by atoms with van der Waals surface area (Å²) in [6.07, 6.45) is 1.86. The topological polar surface area (TPSA) is 53.4 Å². The summed E-state index contributed by atoms with van der Waals surface area (Å²) in [6, 6.07) is 3.25. The van der Waals surface area contributed by atoms with Crippen LogP contribution >= 0.6 is 11.6 Å². The number of hydrogen-bond acceptors (Lipinski definition) is 3. The maximum atomic E-state index is 12.1. The summed E-state index contributed by atoms with van der Waals surface area (Å²) in [5.41, 5.74) is 0.510. The lowest BCUT2D eigenvalue weighted by molar-refractivity contribution is 0.0248. The normalized spacial score (nSPS) is 24.8. The highest BCUT2D eigenvalue weighted by Gasteiger charge is 2.27. The zero-order valence-corrected chi connectivity index (χ0v) is 10.4. The molecule has 0 aromatic carbocycles. The maximum absolute atomic E-state index is 12.1. The predicted octanol–water partition coefficient (Wildman–Crippen LogP) is 1.58. The number of halogens is 1. The molecule has 1 N–H and O–H groups in total. The molecule has 92 valence electrons. The van der Waals surface area contributed by atoms with Gasteiger partial charge < -0.3 is 10.0 Å². The van der Waals surface area contributed by atoms with E-state index in [1.165, 1.54) is 6.20 Å². The van der Waals surface area contributed by atoms with E-state index in [1.54, 1.807) is 17.0 Å². The third-order valence-electron chi connectivity index (χ3n) is 3.18. The average Bonchev–Trinajstić information content (AvgIpc) is 2.33. The second kappa shape index (κ2) is 5.02. The zero-order valence-electron chi connectivity index (χ0n) is 9.64. The van der Waals surface area contributed by atoms with Crippen LogP contribution in [0.2, 0.25) is 5.15 Å². The highest BCUT2D eigenvalue weighted by Crippen LogP contribution is 2.19. The molecule has 2 heterocycles. The number of amides is 1. The summed E-state index contributed by atoms with van der Waals surface area (Å²) in [7, 11) is 0. The summed E-state index contributed by atoms with van der Waals surface area (Å²) in [4.78, 5) is 17.6. The molecule has 17 heavy (non-hydrogen) atoms. The molecule has 1 aromatic heterocycles. The molecule has 0 radical (unpaired) electrons. The van der Waals surface area contributed by atoms with Gasteiger partial charge in [-0.1, -0.05) is 18.5 Å². The Morgan fingerprint density at radius 3 is 2.94 bits per heavy atom. The minimum Gasteiger partial charge on any atom is -0.391 e. The molecule has 1 aliphatic heterocycles. The van der Waals surface area contributed by atoms with Crippen molar-refractivity contribution >= 4 is 17.5 Å². The van der Waals surface area contributed by atoms with Crippen LogP contribution in [0.3, 0.4) is 0 Å². The maximum Gasteiger partial charge on any atom is 0.255 e. The number of β-amino-alcohol motifs (C(OH)–C–C–N with tert-alkyl or cyclic N) is 1. The largest absolute Gasteiger partial charge is 0.391 e. The van der Waals surface area contributed by atoms with Gasteiger partial charge in [0.1, 0.15) is 5.15 Å². The van der Waals surface area contributed by atoms with Crippen molar-refractivity contribution in [2.24, 2.45) is 5.92 Å². The smallest absolute Gasteiger partial charge is 0.255 e. The first-order chi connectivity index (χ1) is 8.08. The van der Waals surface area contributed by atoms with Gasteiger partial charge in [0.15, 0.2) is 0 Å². The molecule has 0 bridgehead atoms. The van der Waals surface area contributed by atoms with Gasteiger partial charge in [0.2, 0.25) is 0 Å². The molecule has 4 nitrogen and oxygen atoms in total. The van der Waals surface area contributed by atoms with Crippen molar-refractivity contribution in [2.75, 3.05) is 13.1 Å². The number of pyridine rings is 1. The Hall–Kier alpha value is -1.13. The quantitative estimate of drug-likeness (QED) is 0.774. The van der Waals surface area contributed by atoms with E-state index in [9.17, 15) is 9.90 Å². The number of aliphatic hydroxyl groups excluding tert-OH is 1. The Morgan fingerprint density at radius 1 is 1.59 bits per heavy atom. The summed E-state index contributed by atoms with van der Waals surface area (Å²) in [6.45, 7) is 3.07. The Morgan fingerprint density at radius 2 is 2.35 bits per heavy atom. The molecule has 1 amide bonds. The molecule has 2 unspecified atom stereocenters. The van der Waals surface area contributed by atoms with Crippen molar-refractivity contribution in [1.29, 1.82) is 0 Å². The van der Waals surface area contributed by atoms with E-state index in [-0.39, 0.29) is 11.8 Å². The van der Waals surface area contributed by atoms with Gasteiger partial charge in [-0.3, -0.25) is 4.79 Å². The first-order valence-electron chi connectivity index (χ1n) is 5.67. The first kappa shape index (κ1) is 12.3. The molecule has 5 heteroatoms. The lowest BCUT2D eigenvalue weighted by atomic mass is 9.96. The molecule has 1 aromatic rings. The van der Waals surface area contributed by atoms with Crippen molar-refractivity contribution in [2.45, 2.75) is 19.4 Å². The third-order valence-corrected chi connectivity index (χ3v) is 3.40. The van der Waals surface area contributed by atoms with Gasteiger partial charge >= 0.3 is 0 Å². The number of carbonyl (C=O) groups excluding carboxylic acids is 1. The molecular formula is C12H15ClN2O2. The van der Waals surface area contributed by atoms with Crippen LogP contribution in [0, 0.1) is 5.92 Å². The second-order valence-corrected chi connectivity index (χ2v) is 4.84. The summed E-state index contributed by atoms with van der Waals surface area (Å²) in [5.74, 6) is 0.155. The van der Waals surface area contributed by atoms with Crippen LogP contribution in [-0.2, 0) is 0 Å². The van der Waals surface area contributed by atoms with Crippen molar-refractivity contribution in [3.8, 4) is 0 Å². The molecule has 0 saturated carbocycles. The fourth-order valence-corrected chi connectivity index (χ4v) is 2.03. The van der Waals surface area contributed by atoms with Crippen LogP contribution in [0.5, 0.6) is 0 Å². The van der Waals surface area contributed by atoms with E-state index in [0.717, 1.165) is 6.42 Å². The number of aromatic nitrogens is 1. The molecule has 0 aliphatic carbocycles. The fourth-order valence-electron chi connectivity index (χ4n) is 1.92. The summed E-state index contributed by atoms with van der Waals surface area (Å²) < 4.78 is 0. The number of rotatable bonds is 1. The van der Waals surface area contributed by atoms with Crippen LogP contribution in [0.4, 0.5) is 0 Å². The number of aliphatic hydroxyl groups is 1. The Bertz CT molecular complexity index is 407. The summed E-state index contributed by atoms with van der Waals surface area (Å²) >= 11 is 5.67. The van der Waals surface area contributed by atoms with E-state index in [4.69, 9.17) is 11.6 Å². The van der Waals surface area contributed by atoms with Gasteiger partial charge in [0.05, 0.1) is 11.7 Å². The molecular weight excluding hydrogens is 240 g/mol. The SMILES string of the molecule is CC1CCN(C(=O)c2ccc(Cl)nc2)CC1O. The average molecular weight is 255 g/mol. The van der Waals surface area contributed by atoms with E-state index in [1.807, 2.05) is 6.92 Å². The third kappa shape index (κ3) is 2.76. The minimum absolute atomic E-state index is 0.0971. The van der Waals surface area contributed by atoms with Crippen molar-refractivity contribution in [3.05, 3.63) is 29.0 Å². The fraction of sp³-hybridized carbons (Fsp3) is 0.500. The highest BCUT2D eigenvalue weighted by atomic mass is 35.5. The molecule has 2 atom stereocenters. The monoisotopic (exact) mass is 254 g/mol. The Balaban J connectivity index is 2.08. The van der Waals surface area contributed by atoms with Gasteiger partial charge in [-0.2, -0.15) is 0 Å². The van der Waals surface area contributed by atoms with Crippen molar-refractivity contribution in [3.63, 3.8) is 0 Å². The Kier molecular flexibility index (Phi) is 3.64. The van der Waals surface area contributed by atoms with Crippen LogP contribution in [0.25, 0.3) is 0 Å². The van der Waals surface area contributed by atoms with Gasteiger partial charge in [-0.05, 0) is 24.5 Å². The zero-order chi connectivity index (χ0) is 12.4. The first-order valence-corrected chi connectivity index (χ1v) is 6.04. The molecule has 1 saturated heterocycles. The van der Waals surface area contributed by atoms with Crippen LogP contribution in [0.1, 0.15) is 23.7 Å². The minimum atomic E-state index is -0.437. The van der Waals surface area contributed by atoms with Crippen molar-refractivity contribution in [1.82, 2.24) is 9.88 Å². The molecule has 1 fully saturated rings. The van der Waals surface area contributed by atoms with Crippen LogP contribution in [0.15, 0.2) is 18.3 Å². The molecule has 1 aliphatic rings. The lowest BCUT2D eigenvalue weighted by Crippen LogP contribution is -2.45. The number of hydrogen-bond donors (Lipinski definition) is 1. The predicted molar refractivity (Wildman–Crippen MR) is 64.9 cm³/mol. The van der Waals surface area contributed by atoms with Crippen LogP contribution in [-0.4, -0.2) is 40.1 Å². The van der Waals surface area contributed by atoms with Gasteiger partial charge in [-0.25, -0.2) is 4.98 Å². The van der Waals surface area contributed by atoms with Gasteiger partial charge in [0, 0.05) is 19.3 Å². The van der Waals surface area contributed by atoms with E-state index < -0.39 is 6.10 Å². The highest BCUT2D eigenvalue weighted by molar-refractivity contribution is 6.29. The number of nitrogens with zero attached hydrogens (tertiary/aromatic N) is 2. The van der Waals surface area contributed by atoms with Gasteiger partial charge in [0.25, 0.3) is 5.91 Å². The number of likely N-dealkylation sites (tertiary alicyclic amines) is 1. The standard InChI is InChI=1S/C12H15ClN2O2/c1-8-4-5-15(7-10(8)16)12(17)9-2-3-11(13)14-6-9/h2-3,6,8,10,16H,4-5,7H2,1H3. The van der Waals surface area contributed by atoms with Crippen LogP contribution < -0.4 is 0 Å². The van der Waals surface area contributed by atoms with E-state index >= 15 is 0 Å². The molecule has 0 spiro atoms. The Labute approximate surface area is 105 Å². The molecule has 2 rings (SSSR count). The van der Waals surface area contributed by atoms with Crippen molar-refractivity contribution < 1.29 is 9.90 Å². The van der Waals surface area contributed by atoms with E-state index in [0.29, 0.717) is 23.8 Å². The lowest BCUT2D eigenvalue weighted by Gasteiger charge is -2.34. The van der Waals surface area contributed by atoms with Gasteiger partial charge in [-0.15, -0.1) is 0 Å².